The summed E-state index contributed by atoms with van der Waals surface area (Å²) >= 11 is 0. The Morgan fingerprint density at radius 1 is 0.812 bits per heavy atom. The van der Waals surface area contributed by atoms with Gasteiger partial charge < -0.3 is 20.8 Å². The van der Waals surface area contributed by atoms with Crippen LogP contribution in [0, 0.1) is 0 Å². The highest BCUT2D eigenvalue weighted by Gasteiger charge is 2.02. The van der Waals surface area contributed by atoms with Gasteiger partial charge in [-0.05, 0) is 0 Å². The first kappa shape index (κ1) is 13.6. The Balaban J connectivity index is 3.88. The van der Waals surface area contributed by atoms with Crippen molar-refractivity contribution in [1.82, 2.24) is 10.6 Å². The van der Waals surface area contributed by atoms with E-state index >= 15 is 0 Å². The summed E-state index contributed by atoms with van der Waals surface area (Å²) in [5.74, 6) is -3.94. The second-order valence-electron chi connectivity index (χ2n) is 2.56. The Morgan fingerprint density at radius 3 is 1.38 bits per heavy atom. The van der Waals surface area contributed by atoms with Crippen molar-refractivity contribution < 1.29 is 29.4 Å². The van der Waals surface area contributed by atoms with Crippen LogP contribution in [0.5, 0.6) is 0 Å². The standard InChI is InChI=1S/C8H10N2O6/c11-5(9-3-7(13)14)1-2-6(12)10-4-8(15)16/h1-2H,3-4H2,(H,9,11)(H,10,12)(H,13,14)(H,15,16)/b2-1-. The lowest BCUT2D eigenvalue weighted by atomic mass is 10.4. The van der Waals surface area contributed by atoms with Crippen LogP contribution in [0.2, 0.25) is 0 Å². The molecule has 0 atom stereocenters. The van der Waals surface area contributed by atoms with Gasteiger partial charge in [-0.15, -0.1) is 0 Å². The summed E-state index contributed by atoms with van der Waals surface area (Å²) in [5, 5.41) is 20.4. The van der Waals surface area contributed by atoms with Crippen molar-refractivity contribution in [3.05, 3.63) is 12.2 Å². The first-order valence-electron chi connectivity index (χ1n) is 4.09. The second kappa shape index (κ2) is 6.98. The molecular weight excluding hydrogens is 220 g/mol. The molecule has 0 aromatic heterocycles. The van der Waals surface area contributed by atoms with Crippen LogP contribution in [0.1, 0.15) is 0 Å². The normalized spacial score (nSPS) is 9.75. The number of rotatable bonds is 6. The number of carbonyl (C=O) groups is 4. The fourth-order valence-electron chi connectivity index (χ4n) is 0.595. The zero-order valence-electron chi connectivity index (χ0n) is 8.10. The summed E-state index contributed by atoms with van der Waals surface area (Å²) in [6.45, 7) is -1.11. The summed E-state index contributed by atoms with van der Waals surface area (Å²) in [6.07, 6.45) is 1.61. The zero-order chi connectivity index (χ0) is 12.6. The molecule has 0 aromatic carbocycles. The molecule has 0 spiro atoms. The Labute approximate surface area is 89.9 Å². The van der Waals surface area contributed by atoms with E-state index in [1.54, 1.807) is 0 Å². The Bertz CT molecular complexity index is 303. The number of amides is 2. The third-order valence-corrected chi connectivity index (χ3v) is 1.21. The second-order valence-corrected chi connectivity index (χ2v) is 2.56. The Hall–Kier alpha value is -2.38. The van der Waals surface area contributed by atoms with Gasteiger partial charge in [0.2, 0.25) is 11.8 Å². The first-order chi connectivity index (χ1) is 7.41. The summed E-state index contributed by atoms with van der Waals surface area (Å²) in [5.41, 5.74) is 0. The lowest BCUT2D eigenvalue weighted by Gasteiger charge is -1.97. The number of hydrogen-bond donors (Lipinski definition) is 4. The van der Waals surface area contributed by atoms with Gasteiger partial charge in [0, 0.05) is 12.2 Å². The topological polar surface area (TPSA) is 133 Å². The molecule has 0 aliphatic rings. The van der Waals surface area contributed by atoms with Gasteiger partial charge in [0.15, 0.2) is 0 Å². The minimum Gasteiger partial charge on any atom is -0.480 e. The van der Waals surface area contributed by atoms with Gasteiger partial charge in [0.1, 0.15) is 13.1 Å². The van der Waals surface area contributed by atoms with Crippen molar-refractivity contribution in [2.45, 2.75) is 0 Å². The molecule has 0 bridgehead atoms. The molecule has 0 saturated heterocycles. The number of carboxylic acid groups (broad SMARTS) is 2. The number of aliphatic carboxylic acids is 2. The first-order valence-corrected chi connectivity index (χ1v) is 4.09. The smallest absolute Gasteiger partial charge is 0.322 e. The van der Waals surface area contributed by atoms with Crippen LogP contribution in [-0.4, -0.2) is 47.1 Å². The van der Waals surface area contributed by atoms with Crippen LogP contribution >= 0.6 is 0 Å². The van der Waals surface area contributed by atoms with Crippen LogP contribution in [0.25, 0.3) is 0 Å². The molecule has 8 nitrogen and oxygen atoms in total. The van der Waals surface area contributed by atoms with E-state index < -0.39 is 36.8 Å². The number of hydrogen-bond acceptors (Lipinski definition) is 4. The van der Waals surface area contributed by atoms with E-state index in [2.05, 4.69) is 0 Å². The van der Waals surface area contributed by atoms with Gasteiger partial charge in [-0.1, -0.05) is 0 Å². The Morgan fingerprint density at radius 2 is 1.12 bits per heavy atom. The summed E-state index contributed by atoms with van der Waals surface area (Å²) < 4.78 is 0. The molecule has 8 heteroatoms. The van der Waals surface area contributed by atoms with Gasteiger partial charge in [-0.3, -0.25) is 19.2 Å². The average Bonchev–Trinajstić information content (AvgIpc) is 2.20. The molecule has 0 radical (unpaired) electrons. The maximum absolute atomic E-state index is 10.8. The molecule has 0 unspecified atom stereocenters. The largest absolute Gasteiger partial charge is 0.480 e. The molecule has 2 amide bonds. The van der Waals surface area contributed by atoms with Crippen LogP contribution < -0.4 is 10.6 Å². The number of carboxylic acids is 2. The van der Waals surface area contributed by atoms with Crippen LogP contribution in [-0.2, 0) is 19.2 Å². The molecule has 0 aliphatic carbocycles. The van der Waals surface area contributed by atoms with E-state index in [1.165, 1.54) is 0 Å². The lowest BCUT2D eigenvalue weighted by Crippen LogP contribution is -2.29. The third kappa shape index (κ3) is 8.23. The summed E-state index contributed by atoms with van der Waals surface area (Å²) in [4.78, 5) is 41.7. The molecule has 16 heavy (non-hydrogen) atoms. The van der Waals surface area contributed by atoms with Gasteiger partial charge in [-0.25, -0.2) is 0 Å². The van der Waals surface area contributed by atoms with Crippen molar-refractivity contribution >= 4 is 23.8 Å². The molecule has 4 N–H and O–H groups in total. The van der Waals surface area contributed by atoms with E-state index in [9.17, 15) is 19.2 Å². The van der Waals surface area contributed by atoms with Gasteiger partial charge in [-0.2, -0.15) is 0 Å². The highest BCUT2D eigenvalue weighted by Crippen LogP contribution is 1.75. The number of nitrogens with one attached hydrogen (secondary N) is 2. The third-order valence-electron chi connectivity index (χ3n) is 1.21. The Kier molecular flexibility index (Phi) is 5.95. The zero-order valence-corrected chi connectivity index (χ0v) is 8.10. The lowest BCUT2D eigenvalue weighted by molar-refractivity contribution is -0.138. The molecule has 0 aromatic rings. The average molecular weight is 230 g/mol. The molecule has 0 aliphatic heterocycles. The fraction of sp³-hybridized carbons (Fsp3) is 0.250. The van der Waals surface area contributed by atoms with E-state index in [4.69, 9.17) is 10.2 Å². The molecular formula is C8H10N2O6. The van der Waals surface area contributed by atoms with Crippen molar-refractivity contribution in [1.29, 1.82) is 0 Å². The monoisotopic (exact) mass is 230 g/mol. The molecule has 0 saturated carbocycles. The number of carbonyl (C=O) groups excluding carboxylic acids is 2. The van der Waals surface area contributed by atoms with E-state index in [1.807, 2.05) is 10.6 Å². The molecule has 0 heterocycles. The fourth-order valence-corrected chi connectivity index (χ4v) is 0.595. The maximum atomic E-state index is 10.8. The quantitative estimate of drug-likeness (QED) is 0.388. The summed E-state index contributed by atoms with van der Waals surface area (Å²) in [7, 11) is 0. The molecule has 0 fully saturated rings. The van der Waals surface area contributed by atoms with Gasteiger partial charge in [0.25, 0.3) is 0 Å². The van der Waals surface area contributed by atoms with Crippen molar-refractivity contribution in [2.75, 3.05) is 13.1 Å². The maximum Gasteiger partial charge on any atom is 0.322 e. The molecule has 0 rings (SSSR count). The van der Waals surface area contributed by atoms with Crippen LogP contribution in [0.15, 0.2) is 12.2 Å². The van der Waals surface area contributed by atoms with Crippen LogP contribution in [0.4, 0.5) is 0 Å². The van der Waals surface area contributed by atoms with Gasteiger partial charge >= 0.3 is 11.9 Å². The summed E-state index contributed by atoms with van der Waals surface area (Å²) in [6, 6.07) is 0. The van der Waals surface area contributed by atoms with E-state index in [0.717, 1.165) is 12.2 Å². The van der Waals surface area contributed by atoms with Crippen molar-refractivity contribution in [3.8, 4) is 0 Å². The SMILES string of the molecule is O=C(O)CNC(=O)/C=C\C(=O)NCC(=O)O. The predicted molar refractivity (Wildman–Crippen MR) is 50.4 cm³/mol. The van der Waals surface area contributed by atoms with E-state index in [-0.39, 0.29) is 0 Å². The minimum absolute atomic E-state index is 0.556. The van der Waals surface area contributed by atoms with Crippen molar-refractivity contribution in [2.24, 2.45) is 0 Å². The minimum atomic E-state index is -1.21. The highest BCUT2D eigenvalue weighted by atomic mass is 16.4. The van der Waals surface area contributed by atoms with E-state index in [0.29, 0.717) is 0 Å². The molecule has 88 valence electrons. The highest BCUT2D eigenvalue weighted by molar-refractivity contribution is 5.98. The van der Waals surface area contributed by atoms with Crippen molar-refractivity contribution in [3.63, 3.8) is 0 Å². The predicted octanol–water partition coefficient (Wildman–Crippen LogP) is -2.06. The van der Waals surface area contributed by atoms with Crippen LogP contribution in [0.3, 0.4) is 0 Å². The van der Waals surface area contributed by atoms with Gasteiger partial charge in [0.05, 0.1) is 0 Å².